The first kappa shape index (κ1) is 27.1. The fraction of sp³-hybridized carbons (Fsp3) is 0.357. The van der Waals surface area contributed by atoms with Crippen LogP contribution in [0.1, 0.15) is 43.7 Å². The molecule has 200 valence electrons. The van der Waals surface area contributed by atoms with Crippen molar-refractivity contribution in [2.45, 2.75) is 51.9 Å². The number of carbonyl (C=O) groups excluding carboxylic acids is 2. The Balaban J connectivity index is 1.82. The van der Waals surface area contributed by atoms with Crippen molar-refractivity contribution in [1.82, 2.24) is 25.2 Å². The topological polar surface area (TPSA) is 98.6 Å². The molecule has 0 saturated carbocycles. The van der Waals surface area contributed by atoms with Crippen molar-refractivity contribution in [3.8, 4) is 11.5 Å². The zero-order chi connectivity index (χ0) is 27.3. The zero-order valence-corrected chi connectivity index (χ0v) is 23.1. The maximum Gasteiger partial charge on any atom is 0.248 e. The van der Waals surface area contributed by atoms with Crippen molar-refractivity contribution < 1.29 is 19.1 Å². The van der Waals surface area contributed by atoms with Crippen molar-refractivity contribution >= 4 is 34.2 Å². The van der Waals surface area contributed by atoms with Gasteiger partial charge in [0.15, 0.2) is 0 Å². The van der Waals surface area contributed by atoms with Gasteiger partial charge in [-0.1, -0.05) is 30.3 Å². The van der Waals surface area contributed by atoms with Crippen LogP contribution in [0.3, 0.4) is 0 Å². The first-order valence-corrected chi connectivity index (χ1v) is 13.3. The summed E-state index contributed by atoms with van der Waals surface area (Å²) in [5, 5.41) is 13.5. The fourth-order valence-electron chi connectivity index (χ4n) is 4.14. The summed E-state index contributed by atoms with van der Waals surface area (Å²) >= 11 is 1.52. The average molecular weight is 536 g/mol. The second-order valence-corrected chi connectivity index (χ2v) is 10.6. The Labute approximate surface area is 226 Å². The van der Waals surface area contributed by atoms with E-state index in [4.69, 9.17) is 9.47 Å². The molecule has 1 atom stereocenters. The van der Waals surface area contributed by atoms with E-state index in [9.17, 15) is 9.59 Å². The second-order valence-electron chi connectivity index (χ2n) is 9.57. The molecule has 0 aliphatic carbocycles. The molecule has 38 heavy (non-hydrogen) atoms. The molecule has 0 aliphatic rings. The highest BCUT2D eigenvalue weighted by atomic mass is 32.1. The number of benzene rings is 2. The largest absolute Gasteiger partial charge is 0.497 e. The van der Waals surface area contributed by atoms with Crippen molar-refractivity contribution in [2.24, 2.45) is 0 Å². The Kier molecular flexibility index (Phi) is 8.31. The Morgan fingerprint density at radius 3 is 2.58 bits per heavy atom. The van der Waals surface area contributed by atoms with Gasteiger partial charge in [-0.3, -0.25) is 9.59 Å². The number of hydrogen-bond donors (Lipinski definition) is 1. The molecule has 1 N–H and O–H groups in total. The van der Waals surface area contributed by atoms with Crippen LogP contribution >= 0.6 is 11.3 Å². The van der Waals surface area contributed by atoms with Crippen molar-refractivity contribution in [3.05, 3.63) is 70.4 Å². The molecule has 0 bridgehead atoms. The monoisotopic (exact) mass is 535 g/mol. The number of methoxy groups -OCH3 is 2. The van der Waals surface area contributed by atoms with Crippen molar-refractivity contribution in [1.29, 1.82) is 0 Å². The van der Waals surface area contributed by atoms with Crippen molar-refractivity contribution in [2.75, 3.05) is 14.2 Å². The molecule has 4 rings (SSSR count). The lowest BCUT2D eigenvalue weighted by Gasteiger charge is -2.35. The molecule has 4 aromatic rings. The number of hydrogen-bond acceptors (Lipinski definition) is 7. The van der Waals surface area contributed by atoms with Gasteiger partial charge < -0.3 is 19.7 Å². The van der Waals surface area contributed by atoms with Crippen LogP contribution in [0.25, 0.3) is 11.0 Å². The van der Waals surface area contributed by atoms with E-state index in [1.807, 2.05) is 62.5 Å². The van der Waals surface area contributed by atoms with E-state index in [0.717, 1.165) is 10.4 Å². The summed E-state index contributed by atoms with van der Waals surface area (Å²) in [5.41, 5.74) is 1.48. The Bertz CT molecular complexity index is 1400. The number of para-hydroxylation sites is 1. The fourth-order valence-corrected chi connectivity index (χ4v) is 4.84. The number of nitrogens with one attached hydrogen (secondary N) is 1. The highest BCUT2D eigenvalue weighted by Crippen LogP contribution is 2.35. The van der Waals surface area contributed by atoms with Gasteiger partial charge in [-0.2, -0.15) is 0 Å². The van der Waals surface area contributed by atoms with Gasteiger partial charge in [0, 0.05) is 16.0 Å². The van der Waals surface area contributed by atoms with Gasteiger partial charge >= 0.3 is 0 Å². The maximum absolute atomic E-state index is 14.1. The van der Waals surface area contributed by atoms with Crippen LogP contribution in [-0.2, 0) is 22.7 Å². The number of nitrogens with zero attached hydrogens (tertiary/aromatic N) is 4. The van der Waals surface area contributed by atoms with E-state index < -0.39 is 11.6 Å². The highest BCUT2D eigenvalue weighted by Gasteiger charge is 2.36. The summed E-state index contributed by atoms with van der Waals surface area (Å²) in [4.78, 5) is 30.6. The van der Waals surface area contributed by atoms with Crippen LogP contribution in [0.5, 0.6) is 11.5 Å². The normalized spacial score (nSPS) is 12.2. The first-order chi connectivity index (χ1) is 18.3. The molecular weight excluding hydrogens is 502 g/mol. The third-order valence-corrected chi connectivity index (χ3v) is 7.43. The minimum atomic E-state index is -0.990. The summed E-state index contributed by atoms with van der Waals surface area (Å²) < 4.78 is 12.7. The molecule has 2 aromatic heterocycles. The van der Waals surface area contributed by atoms with Crippen LogP contribution in [0.4, 0.5) is 0 Å². The lowest BCUT2D eigenvalue weighted by molar-refractivity contribution is -0.143. The SMILES string of the molecule is CCC(C)(C)NC(=O)C(c1cc(OC)ccc1OC)N(Cc1cccs1)C(=O)Cn1nnc2ccccc21. The number of aromatic nitrogens is 3. The molecule has 0 aliphatic heterocycles. The lowest BCUT2D eigenvalue weighted by Crippen LogP contribution is -2.50. The predicted molar refractivity (Wildman–Crippen MR) is 147 cm³/mol. The quantitative estimate of drug-likeness (QED) is 0.302. The number of ether oxygens (including phenoxy) is 2. The molecule has 0 spiro atoms. The molecule has 2 amide bonds. The van der Waals surface area contributed by atoms with Crippen LogP contribution in [0, 0.1) is 0 Å². The van der Waals surface area contributed by atoms with E-state index in [2.05, 4.69) is 15.6 Å². The van der Waals surface area contributed by atoms with Crippen molar-refractivity contribution in [3.63, 3.8) is 0 Å². The van der Waals surface area contributed by atoms with E-state index in [1.165, 1.54) is 11.3 Å². The van der Waals surface area contributed by atoms with E-state index >= 15 is 0 Å². The predicted octanol–water partition coefficient (Wildman–Crippen LogP) is 4.58. The van der Waals surface area contributed by atoms with Gasteiger partial charge in [0.2, 0.25) is 11.8 Å². The molecule has 1 unspecified atom stereocenters. The Morgan fingerprint density at radius 2 is 1.89 bits per heavy atom. The number of rotatable bonds is 11. The molecular formula is C28H33N5O4S. The maximum atomic E-state index is 14.1. The van der Waals surface area contributed by atoms with E-state index in [1.54, 1.807) is 42.0 Å². The highest BCUT2D eigenvalue weighted by molar-refractivity contribution is 7.09. The van der Waals surface area contributed by atoms with Gasteiger partial charge in [0.1, 0.15) is 29.6 Å². The standard InChI is InChI=1S/C28H33N5O4S/c1-6-28(2,3)29-27(35)26(21-16-19(36-4)13-14-24(21)37-5)32(17-20-10-9-15-38-20)25(34)18-33-23-12-8-7-11-22(23)30-31-33/h7-16,26H,6,17-18H2,1-5H3,(H,29,35). The molecule has 2 aromatic carbocycles. The van der Waals surface area contributed by atoms with Gasteiger partial charge in [-0.05, 0) is 62.0 Å². The summed E-state index contributed by atoms with van der Waals surface area (Å²) in [6.07, 6.45) is 0.713. The summed E-state index contributed by atoms with van der Waals surface area (Å²) in [6.45, 7) is 6.06. The number of fused-ring (bicyclic) bond motifs is 1. The molecule has 2 heterocycles. The zero-order valence-electron chi connectivity index (χ0n) is 22.3. The Morgan fingerprint density at radius 1 is 1.11 bits per heavy atom. The number of thiophene rings is 1. The first-order valence-electron chi connectivity index (χ1n) is 12.4. The molecule has 0 fully saturated rings. The molecule has 10 heteroatoms. The van der Waals surface area contributed by atoms with Gasteiger partial charge in [0.05, 0.1) is 26.3 Å². The lowest BCUT2D eigenvalue weighted by atomic mass is 9.97. The molecule has 0 saturated heterocycles. The summed E-state index contributed by atoms with van der Waals surface area (Å²) in [7, 11) is 3.11. The number of amides is 2. The minimum Gasteiger partial charge on any atom is -0.497 e. The molecule has 9 nitrogen and oxygen atoms in total. The van der Waals surface area contributed by atoms with E-state index in [-0.39, 0.29) is 24.9 Å². The number of carbonyl (C=O) groups is 2. The average Bonchev–Trinajstić information content (AvgIpc) is 3.58. The second kappa shape index (κ2) is 11.6. The summed E-state index contributed by atoms with van der Waals surface area (Å²) in [5.74, 6) is 0.444. The van der Waals surface area contributed by atoms with E-state index in [0.29, 0.717) is 29.0 Å². The van der Waals surface area contributed by atoms with Gasteiger partial charge in [0.25, 0.3) is 0 Å². The Hall–Kier alpha value is -3.92. The third-order valence-electron chi connectivity index (χ3n) is 6.57. The van der Waals surface area contributed by atoms with Crippen LogP contribution in [0.2, 0.25) is 0 Å². The van der Waals surface area contributed by atoms with Gasteiger partial charge in [-0.25, -0.2) is 4.68 Å². The smallest absolute Gasteiger partial charge is 0.248 e. The third kappa shape index (κ3) is 5.96. The minimum absolute atomic E-state index is 0.0842. The van der Waals surface area contributed by atoms with Crippen LogP contribution in [-0.4, -0.2) is 51.5 Å². The summed E-state index contributed by atoms with van der Waals surface area (Å²) in [6, 6.07) is 15.6. The van der Waals surface area contributed by atoms with Gasteiger partial charge in [-0.15, -0.1) is 16.4 Å². The molecule has 0 radical (unpaired) electrons. The van der Waals surface area contributed by atoms with Crippen LogP contribution < -0.4 is 14.8 Å². The van der Waals surface area contributed by atoms with Crippen LogP contribution in [0.15, 0.2) is 60.0 Å².